The first-order valence-corrected chi connectivity index (χ1v) is 11.5. The molecule has 2 nitrogen and oxygen atoms in total. The molecule has 1 aliphatic carbocycles. The Morgan fingerprint density at radius 1 is 0.871 bits per heavy atom. The van der Waals surface area contributed by atoms with Gasteiger partial charge >= 0.3 is 0 Å². The molecule has 3 aromatic rings. The molecule has 0 spiro atoms. The maximum Gasteiger partial charge on any atom is 0.128 e. The summed E-state index contributed by atoms with van der Waals surface area (Å²) in [5.41, 5.74) is 4.83. The van der Waals surface area contributed by atoms with Crippen LogP contribution >= 0.6 is 0 Å². The Morgan fingerprint density at radius 2 is 1.52 bits per heavy atom. The number of benzene rings is 3. The molecule has 160 valence electrons. The molecule has 0 aromatic heterocycles. The first-order chi connectivity index (χ1) is 15.0. The topological polar surface area (TPSA) is 32.6 Å². The number of nitrogens with zero attached hydrogens (tertiary/aromatic N) is 1. The second-order valence-corrected chi connectivity index (χ2v) is 9.43. The molecular formula is C29H33NO. The third-order valence-electron chi connectivity index (χ3n) is 6.89. The van der Waals surface area contributed by atoms with E-state index in [-0.39, 0.29) is 5.41 Å². The molecule has 2 unspecified atom stereocenters. The van der Waals surface area contributed by atoms with Crippen molar-refractivity contribution in [2.45, 2.75) is 57.9 Å². The zero-order valence-corrected chi connectivity index (χ0v) is 18.9. The summed E-state index contributed by atoms with van der Waals surface area (Å²) in [5, 5.41) is 11.4. The van der Waals surface area contributed by atoms with Gasteiger partial charge in [0.15, 0.2) is 0 Å². The van der Waals surface area contributed by atoms with Crippen LogP contribution in [0.25, 0.3) is 11.1 Å². The quantitative estimate of drug-likeness (QED) is 0.436. The van der Waals surface area contributed by atoms with Gasteiger partial charge in [-0.1, -0.05) is 94.3 Å². The third kappa shape index (κ3) is 4.58. The van der Waals surface area contributed by atoms with Crippen molar-refractivity contribution >= 4 is 6.21 Å². The van der Waals surface area contributed by atoms with Gasteiger partial charge in [0.25, 0.3) is 0 Å². The maximum absolute atomic E-state index is 11.4. The van der Waals surface area contributed by atoms with Crippen molar-refractivity contribution in [1.29, 1.82) is 0 Å². The molecule has 2 heteroatoms. The van der Waals surface area contributed by atoms with Gasteiger partial charge in [0, 0.05) is 22.8 Å². The Kier molecular flexibility index (Phi) is 6.27. The van der Waals surface area contributed by atoms with Crippen molar-refractivity contribution in [1.82, 2.24) is 0 Å². The van der Waals surface area contributed by atoms with Gasteiger partial charge in [-0.25, -0.2) is 0 Å². The summed E-state index contributed by atoms with van der Waals surface area (Å²) in [5.74, 6) is 0.936. The zero-order chi connectivity index (χ0) is 21.8. The molecule has 0 amide bonds. The number of aliphatic imine (C=N–C) groups is 1. The second-order valence-electron chi connectivity index (χ2n) is 9.43. The van der Waals surface area contributed by atoms with Crippen LogP contribution in [0.5, 0.6) is 5.75 Å². The highest BCUT2D eigenvalue weighted by atomic mass is 16.3. The van der Waals surface area contributed by atoms with Crippen molar-refractivity contribution in [3.63, 3.8) is 0 Å². The average molecular weight is 412 g/mol. The van der Waals surface area contributed by atoms with Crippen molar-refractivity contribution in [3.8, 4) is 16.9 Å². The van der Waals surface area contributed by atoms with Crippen LogP contribution < -0.4 is 0 Å². The lowest BCUT2D eigenvalue weighted by Gasteiger charge is -2.28. The lowest BCUT2D eigenvalue weighted by Crippen LogP contribution is -2.21. The van der Waals surface area contributed by atoms with Gasteiger partial charge in [0.1, 0.15) is 5.75 Å². The van der Waals surface area contributed by atoms with Gasteiger partial charge in [-0.3, -0.25) is 4.99 Å². The molecule has 1 N–H and O–H groups in total. The number of rotatable bonds is 5. The summed E-state index contributed by atoms with van der Waals surface area (Å²) >= 11 is 0. The molecule has 4 rings (SSSR count). The third-order valence-corrected chi connectivity index (χ3v) is 6.89. The summed E-state index contributed by atoms with van der Waals surface area (Å²) in [6, 6.07) is 25.4. The lowest BCUT2D eigenvalue weighted by molar-refractivity contribution is 0.333. The van der Waals surface area contributed by atoms with E-state index in [1.807, 2.05) is 18.3 Å². The molecular weight excluding hydrogens is 378 g/mol. The highest BCUT2D eigenvalue weighted by Crippen LogP contribution is 2.41. The van der Waals surface area contributed by atoms with Gasteiger partial charge in [0.2, 0.25) is 0 Å². The molecule has 31 heavy (non-hydrogen) atoms. The summed E-state index contributed by atoms with van der Waals surface area (Å²) < 4.78 is 0. The van der Waals surface area contributed by atoms with Gasteiger partial charge in [-0.05, 0) is 47.6 Å². The van der Waals surface area contributed by atoms with E-state index in [9.17, 15) is 5.11 Å². The molecule has 1 saturated carbocycles. The Labute approximate surface area is 186 Å². The zero-order valence-electron chi connectivity index (χ0n) is 18.9. The number of phenolic OH excluding ortho intramolecular Hbond substituents is 1. The van der Waals surface area contributed by atoms with Crippen LogP contribution in [0.4, 0.5) is 0 Å². The first-order valence-electron chi connectivity index (χ1n) is 11.5. The van der Waals surface area contributed by atoms with Gasteiger partial charge in [-0.2, -0.15) is 0 Å². The van der Waals surface area contributed by atoms with E-state index in [0.717, 1.165) is 28.7 Å². The number of hydrogen-bond acceptors (Lipinski definition) is 2. The normalized spacial score (nSPS) is 19.6. The Morgan fingerprint density at radius 3 is 2.19 bits per heavy atom. The van der Waals surface area contributed by atoms with Crippen LogP contribution in [-0.4, -0.2) is 17.4 Å². The fraction of sp³-hybridized carbons (Fsp3) is 0.345. The van der Waals surface area contributed by atoms with E-state index in [0.29, 0.717) is 17.7 Å². The molecule has 0 aliphatic heterocycles. The summed E-state index contributed by atoms with van der Waals surface area (Å²) in [6.45, 7) is 6.65. The number of hydrogen-bond donors (Lipinski definition) is 1. The molecule has 3 aromatic carbocycles. The summed E-state index contributed by atoms with van der Waals surface area (Å²) in [7, 11) is 0. The molecule has 0 bridgehead atoms. The number of phenols is 1. The van der Waals surface area contributed by atoms with E-state index >= 15 is 0 Å². The minimum Gasteiger partial charge on any atom is -0.507 e. The first kappa shape index (κ1) is 21.4. The Hall–Kier alpha value is -2.87. The fourth-order valence-electron chi connectivity index (χ4n) is 4.73. The van der Waals surface area contributed by atoms with Crippen molar-refractivity contribution in [2.75, 3.05) is 0 Å². The molecule has 2 atom stereocenters. The van der Waals surface area contributed by atoms with E-state index < -0.39 is 0 Å². The predicted octanol–water partition coefficient (Wildman–Crippen LogP) is 7.38. The Balaban J connectivity index is 1.82. The van der Waals surface area contributed by atoms with Crippen LogP contribution in [0.3, 0.4) is 0 Å². The minimum atomic E-state index is -0.336. The van der Waals surface area contributed by atoms with E-state index in [1.165, 1.54) is 24.8 Å². The van der Waals surface area contributed by atoms with Crippen LogP contribution in [0.2, 0.25) is 0 Å². The van der Waals surface area contributed by atoms with Crippen LogP contribution in [-0.2, 0) is 5.41 Å². The van der Waals surface area contributed by atoms with Crippen LogP contribution in [0.1, 0.15) is 63.1 Å². The second kappa shape index (κ2) is 9.09. The Bertz CT molecular complexity index is 1040. The molecule has 0 heterocycles. The summed E-state index contributed by atoms with van der Waals surface area (Å²) in [6.07, 6.45) is 6.84. The number of aromatic hydroxyl groups is 1. The van der Waals surface area contributed by atoms with Crippen LogP contribution in [0.15, 0.2) is 77.8 Å². The molecule has 1 fully saturated rings. The predicted molar refractivity (Wildman–Crippen MR) is 131 cm³/mol. The smallest absolute Gasteiger partial charge is 0.128 e. The van der Waals surface area contributed by atoms with E-state index in [2.05, 4.69) is 81.4 Å². The van der Waals surface area contributed by atoms with Crippen molar-refractivity contribution in [2.24, 2.45) is 10.9 Å². The minimum absolute atomic E-state index is 0.334. The average Bonchev–Trinajstić information content (AvgIpc) is 2.80. The van der Waals surface area contributed by atoms with Gasteiger partial charge < -0.3 is 5.11 Å². The fourth-order valence-corrected chi connectivity index (χ4v) is 4.73. The SMILES string of the molecule is CC1CCCCC1N=Cc1cc(-c2ccccc2)cc(C(C)(C)c2ccccc2)c1O. The van der Waals surface area contributed by atoms with E-state index in [1.54, 1.807) is 0 Å². The highest BCUT2D eigenvalue weighted by Gasteiger charge is 2.28. The largest absolute Gasteiger partial charge is 0.507 e. The monoisotopic (exact) mass is 411 g/mol. The molecule has 1 aliphatic rings. The lowest BCUT2D eigenvalue weighted by atomic mass is 9.76. The van der Waals surface area contributed by atoms with Gasteiger partial charge in [-0.15, -0.1) is 0 Å². The summed E-state index contributed by atoms with van der Waals surface area (Å²) in [4.78, 5) is 4.94. The molecule has 0 radical (unpaired) electrons. The van der Waals surface area contributed by atoms with Crippen molar-refractivity contribution < 1.29 is 5.11 Å². The van der Waals surface area contributed by atoms with Gasteiger partial charge in [0.05, 0.1) is 6.04 Å². The van der Waals surface area contributed by atoms with Crippen LogP contribution in [0, 0.1) is 5.92 Å². The van der Waals surface area contributed by atoms with E-state index in [4.69, 9.17) is 4.99 Å². The molecule has 0 saturated heterocycles. The maximum atomic E-state index is 11.4. The standard InChI is InChI=1S/C29H33NO/c1-21-12-10-11-17-27(21)30-20-24-18-23(22-13-6-4-7-14-22)19-26(28(24)31)29(2,3)25-15-8-5-9-16-25/h4-9,13-16,18-21,27,31H,10-12,17H2,1-3H3. The van der Waals surface area contributed by atoms with Crippen molar-refractivity contribution in [3.05, 3.63) is 89.5 Å². The highest BCUT2D eigenvalue weighted by molar-refractivity contribution is 5.88.